The van der Waals surface area contributed by atoms with Gasteiger partial charge in [0.05, 0.1) is 5.56 Å². The van der Waals surface area contributed by atoms with Crippen LogP contribution in [0.2, 0.25) is 0 Å². The summed E-state index contributed by atoms with van der Waals surface area (Å²) in [4.78, 5) is 17.0. The fourth-order valence-electron chi connectivity index (χ4n) is 3.46. The summed E-state index contributed by atoms with van der Waals surface area (Å²) in [5, 5.41) is 2.85. The Balaban J connectivity index is 1.41. The predicted octanol–water partition coefficient (Wildman–Crippen LogP) is 4.07. The number of likely N-dealkylation sites (N-methyl/N-ethyl adjacent to an activating group) is 1. The lowest BCUT2D eigenvalue weighted by molar-refractivity contribution is -0.137. The molecule has 1 N–H and O–H groups in total. The molecule has 30 heavy (non-hydrogen) atoms. The largest absolute Gasteiger partial charge is 0.416 e. The van der Waals surface area contributed by atoms with Gasteiger partial charge >= 0.3 is 6.18 Å². The Morgan fingerprint density at radius 3 is 2.07 bits per heavy atom. The maximum Gasteiger partial charge on any atom is 0.416 e. The van der Waals surface area contributed by atoms with Gasteiger partial charge in [0.15, 0.2) is 0 Å². The summed E-state index contributed by atoms with van der Waals surface area (Å²) in [7, 11) is 2.15. The van der Waals surface area contributed by atoms with Gasteiger partial charge in [0.25, 0.3) is 0 Å². The van der Waals surface area contributed by atoms with Crippen molar-refractivity contribution in [3.63, 3.8) is 0 Å². The van der Waals surface area contributed by atoms with E-state index in [4.69, 9.17) is 0 Å². The summed E-state index contributed by atoms with van der Waals surface area (Å²) >= 11 is 0. The Morgan fingerprint density at radius 1 is 0.900 bits per heavy atom. The van der Waals surface area contributed by atoms with Crippen LogP contribution in [0.3, 0.4) is 0 Å². The quantitative estimate of drug-likeness (QED) is 0.735. The van der Waals surface area contributed by atoms with Crippen molar-refractivity contribution in [1.82, 2.24) is 9.80 Å². The minimum atomic E-state index is -4.34. The molecule has 0 aromatic heterocycles. The normalized spacial score (nSPS) is 15.9. The van der Waals surface area contributed by atoms with E-state index in [1.165, 1.54) is 17.7 Å². The van der Waals surface area contributed by atoms with Gasteiger partial charge in [-0.25, -0.2) is 0 Å². The molecule has 4 nitrogen and oxygen atoms in total. The topological polar surface area (TPSA) is 35.6 Å². The summed E-state index contributed by atoms with van der Waals surface area (Å²) in [5.41, 5.74) is 1.99. The van der Waals surface area contributed by atoms with E-state index in [9.17, 15) is 18.0 Å². The van der Waals surface area contributed by atoms with Crippen LogP contribution in [0, 0.1) is 0 Å². The zero-order valence-electron chi connectivity index (χ0n) is 17.2. The van der Waals surface area contributed by atoms with E-state index in [1.807, 2.05) is 24.3 Å². The first-order valence-electron chi connectivity index (χ1n) is 10.3. The van der Waals surface area contributed by atoms with Gasteiger partial charge in [0.2, 0.25) is 5.91 Å². The van der Waals surface area contributed by atoms with Crippen LogP contribution < -0.4 is 5.32 Å². The zero-order valence-corrected chi connectivity index (χ0v) is 17.2. The average Bonchev–Trinajstić information content (AvgIpc) is 2.72. The average molecular weight is 419 g/mol. The number of alkyl halides is 3. The zero-order chi connectivity index (χ0) is 21.6. The number of anilines is 1. The molecule has 0 aliphatic carbocycles. The van der Waals surface area contributed by atoms with Crippen molar-refractivity contribution < 1.29 is 18.0 Å². The van der Waals surface area contributed by atoms with Crippen molar-refractivity contribution in [2.45, 2.75) is 25.4 Å². The van der Waals surface area contributed by atoms with Crippen LogP contribution in [0.5, 0.6) is 0 Å². The molecule has 1 fully saturated rings. The van der Waals surface area contributed by atoms with Crippen LogP contribution in [0.25, 0.3) is 0 Å². The van der Waals surface area contributed by atoms with Crippen LogP contribution in [0.4, 0.5) is 18.9 Å². The van der Waals surface area contributed by atoms with Crippen LogP contribution in [0.1, 0.15) is 23.1 Å². The molecule has 162 valence electrons. The lowest BCUT2D eigenvalue weighted by Crippen LogP contribution is -2.45. The van der Waals surface area contributed by atoms with Gasteiger partial charge in [0.1, 0.15) is 0 Å². The molecule has 7 heteroatoms. The third-order valence-corrected chi connectivity index (χ3v) is 5.47. The van der Waals surface area contributed by atoms with E-state index in [2.05, 4.69) is 22.2 Å². The summed E-state index contributed by atoms with van der Waals surface area (Å²) < 4.78 is 37.8. The van der Waals surface area contributed by atoms with Crippen molar-refractivity contribution in [3.8, 4) is 0 Å². The Morgan fingerprint density at radius 2 is 1.47 bits per heavy atom. The Labute approximate surface area is 175 Å². The van der Waals surface area contributed by atoms with E-state index in [0.29, 0.717) is 12.0 Å². The highest BCUT2D eigenvalue weighted by Crippen LogP contribution is 2.29. The molecule has 1 saturated heterocycles. The third-order valence-electron chi connectivity index (χ3n) is 5.47. The molecule has 0 radical (unpaired) electrons. The number of carbonyl (C=O) groups excluding carboxylic acids is 1. The maximum atomic E-state index is 12.6. The Bertz CT molecular complexity index is 811. The number of hydrogen-bond acceptors (Lipinski definition) is 3. The minimum absolute atomic E-state index is 0.153. The molecule has 2 aromatic carbocycles. The van der Waals surface area contributed by atoms with E-state index in [-0.39, 0.29) is 12.3 Å². The summed E-state index contributed by atoms with van der Waals surface area (Å²) in [6.45, 7) is 5.45. The lowest BCUT2D eigenvalue weighted by atomic mass is 10.1. The standard InChI is InChI=1S/C23H28F3N3O/c1-28-14-16-29(17-15-28)13-12-19-4-9-21(10-5-19)27-22(30)11-6-18-2-7-20(8-3-18)23(24,25)26/h2-5,7-10H,6,11-17H2,1H3,(H,27,30). The first-order valence-corrected chi connectivity index (χ1v) is 10.3. The third kappa shape index (κ3) is 6.85. The van der Waals surface area contributed by atoms with Crippen molar-refractivity contribution in [3.05, 3.63) is 65.2 Å². The highest BCUT2D eigenvalue weighted by Gasteiger charge is 2.29. The van der Waals surface area contributed by atoms with E-state index in [0.717, 1.165) is 57.0 Å². The molecule has 1 aliphatic rings. The van der Waals surface area contributed by atoms with Crippen molar-refractivity contribution in [2.75, 3.05) is 45.1 Å². The Kier molecular flexibility index (Phi) is 7.50. The molecule has 0 atom stereocenters. The first kappa shape index (κ1) is 22.3. The smallest absolute Gasteiger partial charge is 0.326 e. The van der Waals surface area contributed by atoms with E-state index in [1.54, 1.807) is 0 Å². The number of benzene rings is 2. The maximum absolute atomic E-state index is 12.6. The molecular weight excluding hydrogens is 391 g/mol. The number of carbonyl (C=O) groups is 1. The van der Waals surface area contributed by atoms with Gasteiger partial charge in [0, 0.05) is 44.8 Å². The molecule has 1 amide bonds. The van der Waals surface area contributed by atoms with E-state index < -0.39 is 11.7 Å². The molecule has 3 rings (SSSR count). The number of halogens is 3. The monoisotopic (exact) mass is 419 g/mol. The fraction of sp³-hybridized carbons (Fsp3) is 0.435. The molecule has 1 heterocycles. The second-order valence-corrected chi connectivity index (χ2v) is 7.83. The van der Waals surface area contributed by atoms with Gasteiger partial charge in [-0.3, -0.25) is 4.79 Å². The predicted molar refractivity (Wildman–Crippen MR) is 112 cm³/mol. The van der Waals surface area contributed by atoms with Crippen LogP contribution in [-0.2, 0) is 23.8 Å². The second-order valence-electron chi connectivity index (χ2n) is 7.83. The van der Waals surface area contributed by atoms with Gasteiger partial charge in [-0.05, 0) is 55.3 Å². The van der Waals surface area contributed by atoms with Gasteiger partial charge in [-0.2, -0.15) is 13.2 Å². The highest BCUT2D eigenvalue weighted by atomic mass is 19.4. The van der Waals surface area contributed by atoms with Crippen molar-refractivity contribution >= 4 is 11.6 Å². The number of hydrogen-bond donors (Lipinski definition) is 1. The summed E-state index contributed by atoms with van der Waals surface area (Å²) in [6.07, 6.45) is -2.75. The number of nitrogens with one attached hydrogen (secondary N) is 1. The van der Waals surface area contributed by atoms with Crippen molar-refractivity contribution in [2.24, 2.45) is 0 Å². The number of piperazine rings is 1. The molecular formula is C23H28F3N3O. The van der Waals surface area contributed by atoms with Crippen LogP contribution in [0.15, 0.2) is 48.5 Å². The molecule has 0 saturated carbocycles. The number of nitrogens with zero attached hydrogens (tertiary/aromatic N) is 2. The summed E-state index contributed by atoms with van der Waals surface area (Å²) in [6, 6.07) is 12.8. The fourth-order valence-corrected chi connectivity index (χ4v) is 3.46. The van der Waals surface area contributed by atoms with Gasteiger partial charge in [-0.15, -0.1) is 0 Å². The summed E-state index contributed by atoms with van der Waals surface area (Å²) in [5.74, 6) is -0.153. The molecule has 0 spiro atoms. The number of aryl methyl sites for hydroxylation is 1. The first-order chi connectivity index (χ1) is 14.3. The highest BCUT2D eigenvalue weighted by molar-refractivity contribution is 5.90. The SMILES string of the molecule is CN1CCN(CCc2ccc(NC(=O)CCc3ccc(C(F)(F)F)cc3)cc2)CC1. The minimum Gasteiger partial charge on any atom is -0.326 e. The number of amides is 1. The lowest BCUT2D eigenvalue weighted by Gasteiger charge is -2.32. The van der Waals surface area contributed by atoms with Gasteiger partial charge < -0.3 is 15.1 Å². The molecule has 0 unspecified atom stereocenters. The molecule has 1 aliphatic heterocycles. The van der Waals surface area contributed by atoms with Gasteiger partial charge in [-0.1, -0.05) is 24.3 Å². The number of rotatable bonds is 7. The van der Waals surface area contributed by atoms with Crippen LogP contribution >= 0.6 is 0 Å². The second kappa shape index (κ2) is 10.1. The van der Waals surface area contributed by atoms with Crippen molar-refractivity contribution in [1.29, 1.82) is 0 Å². The van der Waals surface area contributed by atoms with E-state index >= 15 is 0 Å². The molecule has 0 bridgehead atoms. The molecule has 2 aromatic rings. The van der Waals surface area contributed by atoms with Crippen LogP contribution in [-0.4, -0.2) is 55.5 Å². The Hall–Kier alpha value is -2.38.